The van der Waals surface area contributed by atoms with Gasteiger partial charge in [0, 0.05) is 30.4 Å². The average Bonchev–Trinajstić information content (AvgIpc) is 3.24. The fourth-order valence-corrected chi connectivity index (χ4v) is 3.62. The van der Waals surface area contributed by atoms with Gasteiger partial charge in [0.1, 0.15) is 16.5 Å². The minimum atomic E-state index is -0.662. The Morgan fingerprint density at radius 2 is 2.00 bits per heavy atom. The number of nitrogens with zero attached hydrogens (tertiary/aromatic N) is 4. The molecule has 8 heteroatoms. The van der Waals surface area contributed by atoms with Gasteiger partial charge in [0.25, 0.3) is 0 Å². The molecule has 6 nitrogen and oxygen atoms in total. The summed E-state index contributed by atoms with van der Waals surface area (Å²) in [7, 11) is 0. The number of nitrogens with two attached hydrogens (primary N) is 1. The van der Waals surface area contributed by atoms with E-state index in [1.54, 1.807) is 6.20 Å². The largest absolute Gasteiger partial charge is 0.399 e. The Labute approximate surface area is 162 Å². The van der Waals surface area contributed by atoms with E-state index in [1.807, 2.05) is 42.6 Å². The highest BCUT2D eigenvalue weighted by molar-refractivity contribution is 7.13. The summed E-state index contributed by atoms with van der Waals surface area (Å²) in [4.78, 5) is 15.8. The molecule has 1 aliphatic rings. The maximum absolute atomic E-state index is 10.2. The first-order valence-electron chi connectivity index (χ1n) is 8.12. The van der Waals surface area contributed by atoms with Crippen LogP contribution in [0, 0.1) is 0 Å². The number of aromatic nitrogens is 3. The Kier molecular flexibility index (Phi) is 5.13. The van der Waals surface area contributed by atoms with Crippen molar-refractivity contribution in [1.29, 1.82) is 0 Å². The topological polar surface area (TPSA) is 88.2 Å². The lowest BCUT2D eigenvalue weighted by molar-refractivity contribution is 0.0839. The number of halogens is 1. The van der Waals surface area contributed by atoms with Gasteiger partial charge in [-0.3, -0.25) is 0 Å². The second kappa shape index (κ2) is 7.19. The van der Waals surface area contributed by atoms with Gasteiger partial charge in [0.15, 0.2) is 0 Å². The summed E-state index contributed by atoms with van der Waals surface area (Å²) in [5.74, 6) is 0.843. The van der Waals surface area contributed by atoms with Crippen LogP contribution < -0.4 is 10.6 Å². The van der Waals surface area contributed by atoms with E-state index in [1.165, 1.54) is 11.3 Å². The molecular weight excluding hydrogens is 370 g/mol. The van der Waals surface area contributed by atoms with Gasteiger partial charge in [-0.2, -0.15) is 0 Å². The van der Waals surface area contributed by atoms with Crippen LogP contribution in [0.1, 0.15) is 13.3 Å². The monoisotopic (exact) mass is 389 g/mol. The van der Waals surface area contributed by atoms with E-state index in [2.05, 4.69) is 14.9 Å². The van der Waals surface area contributed by atoms with Gasteiger partial charge >= 0.3 is 0 Å². The first-order valence-corrected chi connectivity index (χ1v) is 9.00. The van der Waals surface area contributed by atoms with Gasteiger partial charge in [-0.1, -0.05) is 6.07 Å². The standard InChI is InChI=1S/C18H19N5OS.ClH/c1-18(24)5-7-23(11-18)16-4-2-3-13(22-16)14-9-12(19)10-15(21-14)17-20-6-8-25-17;/h2-4,6,8-10,24H,5,7,11H2,1H3,(H2,19,21);1H. The molecule has 26 heavy (non-hydrogen) atoms. The van der Waals surface area contributed by atoms with Crippen LogP contribution >= 0.6 is 23.7 Å². The van der Waals surface area contributed by atoms with Crippen LogP contribution in [-0.2, 0) is 0 Å². The second-order valence-corrected chi connectivity index (χ2v) is 7.45. The summed E-state index contributed by atoms with van der Waals surface area (Å²) in [6.07, 6.45) is 2.49. The molecule has 4 rings (SSSR count). The maximum atomic E-state index is 10.2. The zero-order valence-corrected chi connectivity index (χ0v) is 15.9. The number of rotatable bonds is 3. The fraction of sp³-hybridized carbons (Fsp3) is 0.278. The molecule has 0 radical (unpaired) electrons. The fourth-order valence-electron chi connectivity index (χ4n) is 3.03. The number of β-amino-alcohol motifs (C(OH)–C–C–N with tert-alkyl or cyclic N) is 1. The van der Waals surface area contributed by atoms with Crippen LogP contribution in [0.3, 0.4) is 0 Å². The van der Waals surface area contributed by atoms with E-state index in [-0.39, 0.29) is 12.4 Å². The minimum absolute atomic E-state index is 0. The van der Waals surface area contributed by atoms with Crippen LogP contribution in [0.4, 0.5) is 11.5 Å². The predicted octanol–water partition coefficient (Wildman–Crippen LogP) is 3.23. The van der Waals surface area contributed by atoms with E-state index >= 15 is 0 Å². The molecule has 0 bridgehead atoms. The number of anilines is 2. The third kappa shape index (κ3) is 3.80. The van der Waals surface area contributed by atoms with Crippen molar-refractivity contribution in [1.82, 2.24) is 15.0 Å². The zero-order valence-electron chi connectivity index (χ0n) is 14.3. The van der Waals surface area contributed by atoms with Crippen molar-refractivity contribution in [2.45, 2.75) is 18.9 Å². The molecule has 0 aliphatic carbocycles. The molecular formula is C18H20ClN5OS. The summed E-state index contributed by atoms with van der Waals surface area (Å²) in [6, 6.07) is 9.48. The van der Waals surface area contributed by atoms with Gasteiger partial charge < -0.3 is 15.7 Å². The van der Waals surface area contributed by atoms with Gasteiger partial charge in [-0.25, -0.2) is 15.0 Å². The van der Waals surface area contributed by atoms with Crippen molar-refractivity contribution < 1.29 is 5.11 Å². The van der Waals surface area contributed by atoms with E-state index in [0.717, 1.165) is 40.9 Å². The van der Waals surface area contributed by atoms with Crippen molar-refractivity contribution in [3.05, 3.63) is 41.9 Å². The molecule has 1 unspecified atom stereocenters. The van der Waals surface area contributed by atoms with E-state index in [9.17, 15) is 5.11 Å². The molecule has 0 saturated carbocycles. The van der Waals surface area contributed by atoms with Crippen molar-refractivity contribution in [2.24, 2.45) is 0 Å². The van der Waals surface area contributed by atoms with E-state index in [0.29, 0.717) is 12.2 Å². The first-order chi connectivity index (χ1) is 12.0. The Balaban J connectivity index is 0.00000196. The highest BCUT2D eigenvalue weighted by Gasteiger charge is 2.32. The van der Waals surface area contributed by atoms with Crippen LogP contribution in [-0.4, -0.2) is 38.7 Å². The lowest BCUT2D eigenvalue weighted by atomic mass is 10.1. The lowest BCUT2D eigenvalue weighted by Gasteiger charge is -2.20. The maximum Gasteiger partial charge on any atom is 0.141 e. The highest BCUT2D eigenvalue weighted by Crippen LogP contribution is 2.29. The minimum Gasteiger partial charge on any atom is -0.399 e. The van der Waals surface area contributed by atoms with Crippen LogP contribution in [0.15, 0.2) is 41.9 Å². The van der Waals surface area contributed by atoms with Gasteiger partial charge in [-0.05, 0) is 37.6 Å². The number of nitrogen functional groups attached to an aromatic ring is 1. The Hall–Kier alpha value is -2.22. The van der Waals surface area contributed by atoms with Crippen LogP contribution in [0.25, 0.3) is 22.1 Å². The SMILES string of the molecule is CC1(O)CCN(c2cccc(-c3cc(N)cc(-c4nccs4)n3)n2)C1.Cl. The molecule has 3 aromatic heterocycles. The Morgan fingerprint density at radius 1 is 1.19 bits per heavy atom. The summed E-state index contributed by atoms with van der Waals surface area (Å²) < 4.78 is 0. The molecule has 0 amide bonds. The molecule has 136 valence electrons. The molecule has 4 heterocycles. The molecule has 1 aliphatic heterocycles. The van der Waals surface area contributed by atoms with Crippen molar-refractivity contribution >= 4 is 35.2 Å². The van der Waals surface area contributed by atoms with Crippen molar-refractivity contribution in [3.63, 3.8) is 0 Å². The number of hydrogen-bond acceptors (Lipinski definition) is 7. The molecule has 0 aromatic carbocycles. The summed E-state index contributed by atoms with van der Waals surface area (Å²) in [5.41, 5.74) is 8.26. The molecule has 3 aromatic rings. The number of hydrogen-bond donors (Lipinski definition) is 2. The smallest absolute Gasteiger partial charge is 0.141 e. The average molecular weight is 390 g/mol. The predicted molar refractivity (Wildman–Crippen MR) is 108 cm³/mol. The van der Waals surface area contributed by atoms with Gasteiger partial charge in [0.05, 0.1) is 17.0 Å². The molecule has 1 fully saturated rings. The third-order valence-electron chi connectivity index (χ3n) is 4.27. The zero-order chi connectivity index (χ0) is 17.4. The highest BCUT2D eigenvalue weighted by atomic mass is 35.5. The number of aliphatic hydroxyl groups is 1. The second-order valence-electron chi connectivity index (χ2n) is 6.56. The van der Waals surface area contributed by atoms with E-state index < -0.39 is 5.60 Å². The quantitative estimate of drug-likeness (QED) is 0.715. The number of thiazole rings is 1. The third-order valence-corrected chi connectivity index (χ3v) is 5.07. The van der Waals surface area contributed by atoms with Gasteiger partial charge in [-0.15, -0.1) is 23.7 Å². The normalized spacial score (nSPS) is 19.4. The lowest BCUT2D eigenvalue weighted by Crippen LogP contribution is -2.30. The van der Waals surface area contributed by atoms with Crippen LogP contribution in [0.5, 0.6) is 0 Å². The molecule has 0 spiro atoms. The molecule has 1 saturated heterocycles. The Morgan fingerprint density at radius 3 is 2.69 bits per heavy atom. The van der Waals surface area contributed by atoms with E-state index in [4.69, 9.17) is 10.7 Å². The molecule has 3 N–H and O–H groups in total. The number of pyridine rings is 2. The summed E-state index contributed by atoms with van der Waals surface area (Å²) in [6.45, 7) is 3.23. The first kappa shape index (κ1) is 18.6. The Bertz CT molecular complexity index is 900. The van der Waals surface area contributed by atoms with Gasteiger partial charge in [0.2, 0.25) is 0 Å². The van der Waals surface area contributed by atoms with Crippen LogP contribution in [0.2, 0.25) is 0 Å². The summed E-state index contributed by atoms with van der Waals surface area (Å²) in [5, 5.41) is 12.9. The van der Waals surface area contributed by atoms with Crippen molar-refractivity contribution in [3.8, 4) is 22.1 Å². The van der Waals surface area contributed by atoms with Crippen molar-refractivity contribution in [2.75, 3.05) is 23.7 Å². The molecule has 1 atom stereocenters. The summed E-state index contributed by atoms with van der Waals surface area (Å²) >= 11 is 1.53.